The van der Waals surface area contributed by atoms with E-state index in [0.717, 1.165) is 16.1 Å². The minimum absolute atomic E-state index is 0.297. The minimum Gasteiger partial charge on any atom is -0.324 e. The van der Waals surface area contributed by atoms with E-state index in [2.05, 4.69) is 5.32 Å². The second-order valence-corrected chi connectivity index (χ2v) is 8.37. The number of halogens is 2. The molecule has 0 aliphatic heterocycles. The quantitative estimate of drug-likeness (QED) is 0.821. The summed E-state index contributed by atoms with van der Waals surface area (Å²) < 4.78 is 25.6. The number of sulfonamides is 1. The zero-order valence-electron chi connectivity index (χ0n) is 14.0. The number of anilines is 2. The van der Waals surface area contributed by atoms with Crippen molar-refractivity contribution in [3.8, 4) is 0 Å². The molecule has 0 saturated heterocycles. The summed E-state index contributed by atoms with van der Waals surface area (Å²) >= 11 is 11.8. The van der Waals surface area contributed by atoms with Gasteiger partial charge >= 0.3 is 0 Å². The van der Waals surface area contributed by atoms with Crippen LogP contribution in [0.3, 0.4) is 0 Å². The third-order valence-electron chi connectivity index (χ3n) is 3.53. The molecule has 0 heterocycles. The Labute approximate surface area is 157 Å². The average molecular weight is 401 g/mol. The highest BCUT2D eigenvalue weighted by Gasteiger charge is 2.29. The van der Waals surface area contributed by atoms with E-state index < -0.39 is 22.0 Å². The van der Waals surface area contributed by atoms with Crippen molar-refractivity contribution in [2.24, 2.45) is 0 Å². The van der Waals surface area contributed by atoms with Crippen molar-refractivity contribution >= 4 is 50.5 Å². The fourth-order valence-corrected chi connectivity index (χ4v) is 3.86. The summed E-state index contributed by atoms with van der Waals surface area (Å²) in [5.41, 5.74) is 1.76. The normalized spacial score (nSPS) is 12.5. The highest BCUT2D eigenvalue weighted by atomic mass is 35.5. The summed E-state index contributed by atoms with van der Waals surface area (Å²) in [6.07, 6.45) is 1.07. The highest BCUT2D eigenvalue weighted by molar-refractivity contribution is 7.92. The molecule has 2 aromatic rings. The molecule has 134 valence electrons. The highest BCUT2D eigenvalue weighted by Crippen LogP contribution is 2.26. The molecule has 0 fully saturated rings. The molecule has 1 N–H and O–H groups in total. The van der Waals surface area contributed by atoms with Crippen LogP contribution in [0.1, 0.15) is 12.5 Å². The number of hydrogen-bond acceptors (Lipinski definition) is 3. The number of carbonyl (C=O) groups excluding carboxylic acids is 1. The van der Waals surface area contributed by atoms with Crippen molar-refractivity contribution < 1.29 is 13.2 Å². The largest absolute Gasteiger partial charge is 0.324 e. The minimum atomic E-state index is -3.66. The Kier molecular flexibility index (Phi) is 5.98. The first kappa shape index (κ1) is 19.6. The molecule has 2 rings (SSSR count). The molecule has 0 aromatic heterocycles. The number of nitrogens with one attached hydrogen (secondary N) is 1. The fourth-order valence-electron chi connectivity index (χ4n) is 2.39. The number of hydrogen-bond donors (Lipinski definition) is 1. The molecule has 0 aliphatic carbocycles. The summed E-state index contributed by atoms with van der Waals surface area (Å²) in [5, 5.41) is 3.32. The Morgan fingerprint density at radius 2 is 1.80 bits per heavy atom. The van der Waals surface area contributed by atoms with Crippen LogP contribution in [0.25, 0.3) is 0 Å². The fraction of sp³-hybridized carbons (Fsp3) is 0.235. The number of carbonyl (C=O) groups is 1. The van der Waals surface area contributed by atoms with Gasteiger partial charge in [0.1, 0.15) is 6.04 Å². The monoisotopic (exact) mass is 400 g/mol. The maximum Gasteiger partial charge on any atom is 0.247 e. The van der Waals surface area contributed by atoms with Crippen LogP contribution in [0.15, 0.2) is 42.5 Å². The van der Waals surface area contributed by atoms with Crippen LogP contribution in [0.2, 0.25) is 10.0 Å². The van der Waals surface area contributed by atoms with Crippen LogP contribution in [0, 0.1) is 6.92 Å². The lowest BCUT2D eigenvalue weighted by Crippen LogP contribution is -2.45. The van der Waals surface area contributed by atoms with E-state index in [1.165, 1.54) is 13.0 Å². The molecule has 0 radical (unpaired) electrons. The maximum atomic E-state index is 12.6. The van der Waals surface area contributed by atoms with E-state index in [4.69, 9.17) is 23.2 Å². The van der Waals surface area contributed by atoms with Crippen LogP contribution in [-0.4, -0.2) is 26.6 Å². The first-order valence-electron chi connectivity index (χ1n) is 7.41. The Bertz CT molecular complexity index is 901. The van der Waals surface area contributed by atoms with Crippen LogP contribution in [0.5, 0.6) is 0 Å². The lowest BCUT2D eigenvalue weighted by atomic mass is 10.2. The van der Waals surface area contributed by atoms with Gasteiger partial charge in [-0.1, -0.05) is 35.3 Å². The molecule has 0 aliphatic rings. The van der Waals surface area contributed by atoms with Gasteiger partial charge in [0.25, 0.3) is 0 Å². The molecule has 0 bridgehead atoms. The zero-order chi connectivity index (χ0) is 18.8. The molecular weight excluding hydrogens is 383 g/mol. The molecule has 25 heavy (non-hydrogen) atoms. The first-order valence-corrected chi connectivity index (χ1v) is 10.0. The van der Waals surface area contributed by atoms with Gasteiger partial charge in [-0.2, -0.15) is 0 Å². The summed E-state index contributed by atoms with van der Waals surface area (Å²) in [7, 11) is -3.66. The van der Waals surface area contributed by atoms with Gasteiger partial charge in [0, 0.05) is 5.69 Å². The second-order valence-electron chi connectivity index (χ2n) is 5.69. The van der Waals surface area contributed by atoms with E-state index in [-0.39, 0.29) is 0 Å². The van der Waals surface area contributed by atoms with Gasteiger partial charge in [0.05, 0.1) is 22.0 Å². The standard InChI is InChI=1S/C17H18Cl2N2O3S/c1-11-5-4-6-14(9-11)21(25(3,23)24)12(2)17(22)20-13-7-8-15(18)16(19)10-13/h4-10,12H,1-3H3,(H,20,22)/t12-/m1/s1. The van der Waals surface area contributed by atoms with Crippen molar-refractivity contribution in [1.82, 2.24) is 0 Å². The van der Waals surface area contributed by atoms with Crippen molar-refractivity contribution in [3.05, 3.63) is 58.1 Å². The van der Waals surface area contributed by atoms with Gasteiger partial charge in [-0.05, 0) is 49.7 Å². The van der Waals surface area contributed by atoms with Gasteiger partial charge in [-0.15, -0.1) is 0 Å². The van der Waals surface area contributed by atoms with Gasteiger partial charge in [0.2, 0.25) is 15.9 Å². The molecular formula is C17H18Cl2N2O3S. The number of amides is 1. The lowest BCUT2D eigenvalue weighted by Gasteiger charge is -2.28. The molecule has 8 heteroatoms. The number of aryl methyl sites for hydroxylation is 1. The molecule has 1 atom stereocenters. The van der Waals surface area contributed by atoms with Crippen LogP contribution < -0.4 is 9.62 Å². The third kappa shape index (κ3) is 4.87. The first-order chi connectivity index (χ1) is 11.6. The Morgan fingerprint density at radius 1 is 1.12 bits per heavy atom. The van der Waals surface area contributed by atoms with Crippen molar-refractivity contribution in [3.63, 3.8) is 0 Å². The molecule has 0 spiro atoms. The summed E-state index contributed by atoms with van der Waals surface area (Å²) in [5.74, 6) is -0.481. The Balaban J connectivity index is 2.31. The Hall–Kier alpha value is -1.76. The van der Waals surface area contributed by atoms with Crippen LogP contribution in [-0.2, 0) is 14.8 Å². The van der Waals surface area contributed by atoms with Crippen LogP contribution >= 0.6 is 23.2 Å². The van der Waals surface area contributed by atoms with Crippen LogP contribution in [0.4, 0.5) is 11.4 Å². The van der Waals surface area contributed by atoms with E-state index in [9.17, 15) is 13.2 Å². The van der Waals surface area contributed by atoms with E-state index >= 15 is 0 Å². The van der Waals surface area contributed by atoms with Crippen molar-refractivity contribution in [2.45, 2.75) is 19.9 Å². The Morgan fingerprint density at radius 3 is 2.36 bits per heavy atom. The van der Waals surface area contributed by atoms with Gasteiger partial charge in [-0.25, -0.2) is 8.42 Å². The SMILES string of the molecule is Cc1cccc(N([C@H](C)C(=O)Nc2ccc(Cl)c(Cl)c2)S(C)(=O)=O)c1. The second kappa shape index (κ2) is 7.64. The van der Waals surface area contributed by atoms with Gasteiger partial charge < -0.3 is 5.32 Å². The van der Waals surface area contributed by atoms with E-state index in [0.29, 0.717) is 21.4 Å². The van der Waals surface area contributed by atoms with Crippen molar-refractivity contribution in [1.29, 1.82) is 0 Å². The summed E-state index contributed by atoms with van der Waals surface area (Å²) in [4.78, 5) is 12.6. The summed E-state index contributed by atoms with van der Waals surface area (Å²) in [6.45, 7) is 3.38. The number of nitrogens with zero attached hydrogens (tertiary/aromatic N) is 1. The van der Waals surface area contributed by atoms with E-state index in [1.54, 1.807) is 30.3 Å². The lowest BCUT2D eigenvalue weighted by molar-refractivity contribution is -0.116. The van der Waals surface area contributed by atoms with Gasteiger partial charge in [0.15, 0.2) is 0 Å². The summed E-state index contributed by atoms with van der Waals surface area (Å²) in [6, 6.07) is 10.7. The average Bonchev–Trinajstić information content (AvgIpc) is 2.49. The van der Waals surface area contributed by atoms with E-state index in [1.807, 2.05) is 13.0 Å². The van der Waals surface area contributed by atoms with Crippen molar-refractivity contribution in [2.75, 3.05) is 15.9 Å². The predicted octanol–water partition coefficient (Wildman–Crippen LogP) is 4.10. The predicted molar refractivity (Wildman–Crippen MR) is 103 cm³/mol. The molecule has 0 unspecified atom stereocenters. The molecule has 5 nitrogen and oxygen atoms in total. The molecule has 2 aromatic carbocycles. The molecule has 1 amide bonds. The zero-order valence-corrected chi connectivity index (χ0v) is 16.3. The number of benzene rings is 2. The topological polar surface area (TPSA) is 66.5 Å². The van der Waals surface area contributed by atoms with Gasteiger partial charge in [-0.3, -0.25) is 9.10 Å². The molecule has 0 saturated carbocycles. The third-order valence-corrected chi connectivity index (χ3v) is 5.51. The smallest absolute Gasteiger partial charge is 0.247 e. The number of rotatable bonds is 5. The maximum absolute atomic E-state index is 12.6.